The molecule has 1 amide bonds. The Morgan fingerprint density at radius 1 is 1.05 bits per heavy atom. The first kappa shape index (κ1) is 23.1. The molecule has 4 aromatic rings. The number of carboxylic acid groups (broad SMARTS) is 1. The van der Waals surface area contributed by atoms with Crippen LogP contribution in [0.4, 0.5) is 5.13 Å². The molecular formula is C30H23N3O3S. The number of anilines is 1. The number of nitrogens with zero attached hydrogens (tertiary/aromatic N) is 2. The number of hydrogen-bond acceptors (Lipinski definition) is 5. The highest BCUT2D eigenvalue weighted by molar-refractivity contribution is 7.13. The number of carboxylic acids is 1. The Kier molecular flexibility index (Phi) is 5.25. The van der Waals surface area contributed by atoms with E-state index in [2.05, 4.69) is 16.4 Å². The standard InChI is InChI=1S/C30H23N3O3S/c1-29(27(36)33-28-32-20(15-37-28)14-18-10-12-19(13-11-18)26(34)35)16-30(17-31)23-8-4-2-6-21(23)25(29)22-7-3-5-9-24(22)30/h2-13,15,25H,14,16H2,1H3,(H,34,35)(H,32,33,36). The van der Waals surface area contributed by atoms with Crippen molar-refractivity contribution in [2.24, 2.45) is 5.41 Å². The average molecular weight is 506 g/mol. The van der Waals surface area contributed by atoms with Crippen LogP contribution in [0, 0.1) is 16.7 Å². The van der Waals surface area contributed by atoms with Crippen LogP contribution in [0.15, 0.2) is 78.2 Å². The van der Waals surface area contributed by atoms with Crippen molar-refractivity contribution in [2.45, 2.75) is 31.1 Å². The number of fused-ring (bicyclic) bond motifs is 1. The number of nitrogens with one attached hydrogen (secondary N) is 1. The van der Waals surface area contributed by atoms with Crippen LogP contribution in [0.25, 0.3) is 0 Å². The molecule has 3 aliphatic carbocycles. The van der Waals surface area contributed by atoms with Gasteiger partial charge in [0.25, 0.3) is 0 Å². The van der Waals surface area contributed by atoms with Gasteiger partial charge in [0.1, 0.15) is 5.41 Å². The van der Waals surface area contributed by atoms with Crippen molar-refractivity contribution in [3.8, 4) is 6.07 Å². The second kappa shape index (κ2) is 8.39. The Morgan fingerprint density at radius 2 is 1.68 bits per heavy atom. The smallest absolute Gasteiger partial charge is 0.335 e. The van der Waals surface area contributed by atoms with Crippen molar-refractivity contribution in [1.82, 2.24) is 4.98 Å². The summed E-state index contributed by atoms with van der Waals surface area (Å²) in [5, 5.41) is 25.1. The molecule has 1 aromatic heterocycles. The van der Waals surface area contributed by atoms with Crippen LogP contribution in [0.1, 0.15) is 63.1 Å². The summed E-state index contributed by atoms with van der Waals surface area (Å²) in [6.45, 7) is 1.96. The molecule has 7 heteroatoms. The number of carbonyl (C=O) groups excluding carboxylic acids is 1. The lowest BCUT2D eigenvalue weighted by Crippen LogP contribution is -2.53. The molecule has 1 heterocycles. The van der Waals surface area contributed by atoms with Gasteiger partial charge in [0, 0.05) is 17.7 Å². The predicted octanol–water partition coefficient (Wildman–Crippen LogP) is 5.74. The Morgan fingerprint density at radius 3 is 2.27 bits per heavy atom. The minimum atomic E-state index is -0.960. The normalized spacial score (nSPS) is 23.0. The third-order valence-corrected chi connectivity index (χ3v) is 8.61. The van der Waals surface area contributed by atoms with Crippen LogP contribution in [0.2, 0.25) is 0 Å². The fourth-order valence-electron chi connectivity index (χ4n) is 6.15. The van der Waals surface area contributed by atoms with Gasteiger partial charge in [0.15, 0.2) is 5.13 Å². The van der Waals surface area contributed by atoms with E-state index in [4.69, 9.17) is 5.11 Å². The van der Waals surface area contributed by atoms with Crippen molar-refractivity contribution >= 4 is 28.3 Å². The molecule has 182 valence electrons. The zero-order chi connectivity index (χ0) is 25.8. The molecule has 1 unspecified atom stereocenters. The lowest BCUT2D eigenvalue weighted by Gasteiger charge is -2.54. The van der Waals surface area contributed by atoms with Gasteiger partial charge in [0.05, 0.1) is 22.7 Å². The number of carbonyl (C=O) groups is 2. The van der Waals surface area contributed by atoms with Gasteiger partial charge in [-0.2, -0.15) is 5.26 Å². The molecule has 0 fully saturated rings. The van der Waals surface area contributed by atoms with Gasteiger partial charge >= 0.3 is 5.97 Å². The number of aromatic nitrogens is 1. The van der Waals surface area contributed by atoms with Crippen molar-refractivity contribution in [2.75, 3.05) is 5.32 Å². The molecule has 3 aromatic carbocycles. The summed E-state index contributed by atoms with van der Waals surface area (Å²) in [5.41, 5.74) is 4.32. The Labute approximate surface area is 218 Å². The number of benzene rings is 3. The maximum absolute atomic E-state index is 13.9. The van der Waals surface area contributed by atoms with E-state index < -0.39 is 16.8 Å². The van der Waals surface area contributed by atoms with Gasteiger partial charge in [0.2, 0.25) is 5.91 Å². The van der Waals surface area contributed by atoms with E-state index >= 15 is 0 Å². The van der Waals surface area contributed by atoms with E-state index in [-0.39, 0.29) is 17.4 Å². The van der Waals surface area contributed by atoms with E-state index in [1.807, 2.05) is 60.8 Å². The molecule has 7 rings (SSSR count). The predicted molar refractivity (Wildman–Crippen MR) is 141 cm³/mol. The quantitative estimate of drug-likeness (QED) is 0.360. The number of nitriles is 1. The van der Waals surface area contributed by atoms with Crippen LogP contribution >= 0.6 is 11.3 Å². The Hall–Kier alpha value is -4.28. The summed E-state index contributed by atoms with van der Waals surface area (Å²) in [4.78, 5) is 29.6. The summed E-state index contributed by atoms with van der Waals surface area (Å²) in [5.74, 6) is -1.27. The number of rotatable bonds is 5. The monoisotopic (exact) mass is 505 g/mol. The second-order valence-corrected chi connectivity index (χ2v) is 10.9. The molecular weight excluding hydrogens is 482 g/mol. The van der Waals surface area contributed by atoms with Gasteiger partial charge in [-0.3, -0.25) is 4.79 Å². The molecule has 3 aliphatic rings. The zero-order valence-electron chi connectivity index (χ0n) is 20.1. The lowest BCUT2D eigenvalue weighted by molar-refractivity contribution is -0.127. The molecule has 2 bridgehead atoms. The first-order chi connectivity index (χ1) is 17.9. The van der Waals surface area contributed by atoms with Gasteiger partial charge in [-0.25, -0.2) is 9.78 Å². The molecule has 0 radical (unpaired) electrons. The largest absolute Gasteiger partial charge is 0.478 e. The molecule has 6 nitrogen and oxygen atoms in total. The Balaban J connectivity index is 1.30. The summed E-state index contributed by atoms with van der Waals surface area (Å²) < 4.78 is 0. The maximum Gasteiger partial charge on any atom is 0.335 e. The topological polar surface area (TPSA) is 103 Å². The zero-order valence-corrected chi connectivity index (χ0v) is 20.9. The minimum Gasteiger partial charge on any atom is -0.478 e. The van der Waals surface area contributed by atoms with Crippen LogP contribution in [-0.4, -0.2) is 22.0 Å². The van der Waals surface area contributed by atoms with Crippen molar-refractivity contribution in [3.05, 3.63) is 117 Å². The first-order valence-electron chi connectivity index (χ1n) is 12.0. The number of hydrogen-bond donors (Lipinski definition) is 2. The van der Waals surface area contributed by atoms with Crippen LogP contribution in [0.3, 0.4) is 0 Å². The number of amides is 1. The minimum absolute atomic E-state index is 0.146. The molecule has 1 atom stereocenters. The third kappa shape index (κ3) is 3.48. The molecule has 0 aliphatic heterocycles. The number of thiazole rings is 1. The van der Waals surface area contributed by atoms with E-state index in [1.54, 1.807) is 24.3 Å². The summed E-state index contributed by atoms with van der Waals surface area (Å²) in [6.07, 6.45) is 0.930. The van der Waals surface area contributed by atoms with Crippen LogP contribution in [0.5, 0.6) is 0 Å². The van der Waals surface area contributed by atoms with Gasteiger partial charge in [-0.1, -0.05) is 60.7 Å². The highest BCUT2D eigenvalue weighted by atomic mass is 32.1. The molecule has 2 N–H and O–H groups in total. The highest BCUT2D eigenvalue weighted by Gasteiger charge is 2.61. The third-order valence-electron chi connectivity index (χ3n) is 7.80. The van der Waals surface area contributed by atoms with E-state index in [0.29, 0.717) is 18.0 Å². The highest BCUT2D eigenvalue weighted by Crippen LogP contribution is 2.63. The van der Waals surface area contributed by atoms with Gasteiger partial charge < -0.3 is 10.4 Å². The summed E-state index contributed by atoms with van der Waals surface area (Å²) >= 11 is 1.36. The average Bonchev–Trinajstić information content (AvgIpc) is 3.35. The molecule has 0 spiro atoms. The fraction of sp³-hybridized carbons (Fsp3) is 0.200. The molecule has 37 heavy (non-hydrogen) atoms. The van der Waals surface area contributed by atoms with Crippen LogP contribution < -0.4 is 5.32 Å². The van der Waals surface area contributed by atoms with Crippen molar-refractivity contribution < 1.29 is 14.7 Å². The first-order valence-corrected chi connectivity index (χ1v) is 12.9. The second-order valence-electron chi connectivity index (χ2n) is 10.00. The number of aromatic carboxylic acids is 1. The van der Waals surface area contributed by atoms with Gasteiger partial charge in [-0.05, 0) is 53.3 Å². The maximum atomic E-state index is 13.9. The van der Waals surface area contributed by atoms with E-state index in [1.165, 1.54) is 11.3 Å². The lowest BCUT2D eigenvalue weighted by atomic mass is 9.47. The molecule has 0 saturated heterocycles. The summed E-state index contributed by atoms with van der Waals surface area (Å²) in [7, 11) is 0. The summed E-state index contributed by atoms with van der Waals surface area (Å²) in [6, 6.07) is 25.3. The van der Waals surface area contributed by atoms with Crippen molar-refractivity contribution in [3.63, 3.8) is 0 Å². The fourth-order valence-corrected chi connectivity index (χ4v) is 6.85. The van der Waals surface area contributed by atoms with Crippen molar-refractivity contribution in [1.29, 1.82) is 5.26 Å². The molecule has 0 saturated carbocycles. The van der Waals surface area contributed by atoms with Gasteiger partial charge in [-0.15, -0.1) is 11.3 Å². The van der Waals surface area contributed by atoms with E-state index in [0.717, 1.165) is 33.5 Å². The SMILES string of the molecule is CC1(C(=O)Nc2nc(Cc3ccc(C(=O)O)cc3)cs2)CC2(C#N)c3ccccc3C1c1ccccc12. The van der Waals surface area contributed by atoms with Crippen LogP contribution in [-0.2, 0) is 16.6 Å². The Bertz CT molecular complexity index is 1550. The van der Waals surface area contributed by atoms with E-state index in [9.17, 15) is 14.9 Å².